The second kappa shape index (κ2) is 6.81. The molecule has 0 saturated carbocycles. The summed E-state index contributed by atoms with van der Waals surface area (Å²) in [6, 6.07) is 3.82. The van der Waals surface area contributed by atoms with Crippen molar-refractivity contribution in [1.82, 2.24) is 15.1 Å². The molecule has 0 aliphatic carbocycles. The van der Waals surface area contributed by atoms with Crippen molar-refractivity contribution in [2.75, 3.05) is 27.3 Å². The molecule has 0 fully saturated rings. The zero-order valence-electron chi connectivity index (χ0n) is 13.8. The first-order valence-corrected chi connectivity index (χ1v) is 8.26. The molecule has 0 radical (unpaired) electrons. The standard InChI is InChI=1S/C17H22ClN3O2/c1-4-6-21-7-5-14-12(10-21)16(20-19-14)11-8-13(18)17(23-3)15(9-11)22-2/h8-9H,4-7,10H2,1-3H3,(H,19,20). The number of fused-ring (bicyclic) bond motifs is 1. The monoisotopic (exact) mass is 335 g/mol. The van der Waals surface area contributed by atoms with Crippen LogP contribution in [0.1, 0.15) is 24.6 Å². The molecule has 0 bridgehead atoms. The fourth-order valence-electron chi connectivity index (χ4n) is 3.15. The van der Waals surface area contributed by atoms with Gasteiger partial charge in [-0.15, -0.1) is 0 Å². The van der Waals surface area contributed by atoms with Crippen molar-refractivity contribution in [3.05, 3.63) is 28.4 Å². The van der Waals surface area contributed by atoms with E-state index in [0.717, 1.165) is 43.7 Å². The van der Waals surface area contributed by atoms with E-state index in [9.17, 15) is 0 Å². The average Bonchev–Trinajstić information content (AvgIpc) is 2.97. The maximum absolute atomic E-state index is 6.34. The van der Waals surface area contributed by atoms with Gasteiger partial charge in [0.25, 0.3) is 0 Å². The van der Waals surface area contributed by atoms with Crippen molar-refractivity contribution in [3.63, 3.8) is 0 Å². The number of aromatic amines is 1. The van der Waals surface area contributed by atoms with Crippen LogP contribution in [-0.2, 0) is 13.0 Å². The van der Waals surface area contributed by atoms with Gasteiger partial charge in [-0.2, -0.15) is 5.10 Å². The molecule has 3 rings (SSSR count). The summed E-state index contributed by atoms with van der Waals surface area (Å²) in [6.07, 6.45) is 2.16. The number of halogens is 1. The summed E-state index contributed by atoms with van der Waals surface area (Å²) in [5, 5.41) is 8.24. The van der Waals surface area contributed by atoms with Crippen molar-refractivity contribution < 1.29 is 9.47 Å². The Labute approximate surface area is 141 Å². The number of hydrogen-bond donors (Lipinski definition) is 1. The Hall–Kier alpha value is -1.72. The van der Waals surface area contributed by atoms with Gasteiger partial charge in [0, 0.05) is 36.3 Å². The molecular formula is C17H22ClN3O2. The van der Waals surface area contributed by atoms with Gasteiger partial charge in [0.2, 0.25) is 0 Å². The van der Waals surface area contributed by atoms with E-state index in [-0.39, 0.29) is 0 Å². The van der Waals surface area contributed by atoms with Gasteiger partial charge in [-0.1, -0.05) is 18.5 Å². The van der Waals surface area contributed by atoms with Gasteiger partial charge in [-0.05, 0) is 25.1 Å². The number of hydrogen-bond acceptors (Lipinski definition) is 4. The van der Waals surface area contributed by atoms with E-state index in [4.69, 9.17) is 21.1 Å². The number of nitrogens with zero attached hydrogens (tertiary/aromatic N) is 2. The molecule has 1 aliphatic heterocycles. The number of H-pyrrole nitrogens is 1. The van der Waals surface area contributed by atoms with Gasteiger partial charge in [-0.25, -0.2) is 0 Å². The lowest BCUT2D eigenvalue weighted by Gasteiger charge is -2.26. The van der Waals surface area contributed by atoms with Crippen molar-refractivity contribution >= 4 is 11.6 Å². The lowest BCUT2D eigenvalue weighted by molar-refractivity contribution is 0.254. The second-order valence-electron chi connectivity index (χ2n) is 5.75. The van der Waals surface area contributed by atoms with E-state index in [1.54, 1.807) is 14.2 Å². The predicted molar refractivity (Wildman–Crippen MR) is 91.4 cm³/mol. The molecule has 5 nitrogen and oxygen atoms in total. The van der Waals surface area contributed by atoms with Gasteiger partial charge in [0.05, 0.1) is 24.9 Å². The molecule has 1 aliphatic rings. The fraction of sp³-hybridized carbons (Fsp3) is 0.471. The van der Waals surface area contributed by atoms with E-state index < -0.39 is 0 Å². The topological polar surface area (TPSA) is 50.4 Å². The third-order valence-electron chi connectivity index (χ3n) is 4.26. The summed E-state index contributed by atoms with van der Waals surface area (Å²) >= 11 is 6.34. The largest absolute Gasteiger partial charge is 0.493 e. The van der Waals surface area contributed by atoms with Crippen molar-refractivity contribution in [2.45, 2.75) is 26.3 Å². The molecule has 0 saturated heterocycles. The first kappa shape index (κ1) is 16.1. The third kappa shape index (κ3) is 3.03. The number of aromatic nitrogens is 2. The zero-order chi connectivity index (χ0) is 16.4. The molecule has 2 heterocycles. The fourth-order valence-corrected chi connectivity index (χ4v) is 3.44. The summed E-state index contributed by atoms with van der Waals surface area (Å²) < 4.78 is 10.7. The number of rotatable bonds is 5. The van der Waals surface area contributed by atoms with Crippen molar-refractivity contribution in [2.24, 2.45) is 0 Å². The summed E-state index contributed by atoms with van der Waals surface area (Å²) in [7, 11) is 3.20. The van der Waals surface area contributed by atoms with Crippen LogP contribution in [0.3, 0.4) is 0 Å². The number of nitrogens with one attached hydrogen (secondary N) is 1. The molecule has 0 spiro atoms. The van der Waals surface area contributed by atoms with E-state index in [1.165, 1.54) is 11.3 Å². The molecule has 0 amide bonds. The lowest BCUT2D eigenvalue weighted by Crippen LogP contribution is -2.31. The van der Waals surface area contributed by atoms with Crippen LogP contribution in [0.25, 0.3) is 11.3 Å². The lowest BCUT2D eigenvalue weighted by atomic mass is 10.0. The molecule has 124 valence electrons. The summed E-state index contributed by atoms with van der Waals surface area (Å²) in [4.78, 5) is 2.46. The third-order valence-corrected chi connectivity index (χ3v) is 4.54. The minimum absolute atomic E-state index is 0.528. The van der Waals surface area contributed by atoms with E-state index >= 15 is 0 Å². The molecular weight excluding hydrogens is 314 g/mol. The molecule has 1 aromatic heterocycles. The summed E-state index contributed by atoms with van der Waals surface area (Å²) in [5.74, 6) is 1.17. The van der Waals surface area contributed by atoms with E-state index in [1.807, 2.05) is 12.1 Å². The Balaban J connectivity index is 2.01. The summed E-state index contributed by atoms with van der Waals surface area (Å²) in [5.41, 5.74) is 4.37. The van der Waals surface area contributed by atoms with Gasteiger partial charge in [-0.3, -0.25) is 10.00 Å². The minimum Gasteiger partial charge on any atom is -0.493 e. The molecule has 23 heavy (non-hydrogen) atoms. The van der Waals surface area contributed by atoms with Crippen LogP contribution < -0.4 is 9.47 Å². The number of methoxy groups -OCH3 is 2. The summed E-state index contributed by atoms with van der Waals surface area (Å²) in [6.45, 7) is 5.31. The molecule has 2 aromatic rings. The van der Waals surface area contributed by atoms with Crippen molar-refractivity contribution in [3.8, 4) is 22.8 Å². The predicted octanol–water partition coefficient (Wildman–Crippen LogP) is 3.52. The Morgan fingerprint density at radius 3 is 2.83 bits per heavy atom. The zero-order valence-corrected chi connectivity index (χ0v) is 14.5. The van der Waals surface area contributed by atoms with Crippen LogP contribution in [0, 0.1) is 0 Å². The molecule has 0 atom stereocenters. The van der Waals surface area contributed by atoms with Gasteiger partial charge >= 0.3 is 0 Å². The van der Waals surface area contributed by atoms with Crippen LogP contribution in [0.2, 0.25) is 5.02 Å². The quantitative estimate of drug-likeness (QED) is 0.908. The van der Waals surface area contributed by atoms with E-state index in [0.29, 0.717) is 16.5 Å². The Morgan fingerprint density at radius 2 is 2.13 bits per heavy atom. The highest BCUT2D eigenvalue weighted by molar-refractivity contribution is 6.32. The molecule has 6 heteroatoms. The molecule has 1 aromatic carbocycles. The Morgan fingerprint density at radius 1 is 1.30 bits per heavy atom. The van der Waals surface area contributed by atoms with Crippen LogP contribution in [-0.4, -0.2) is 42.4 Å². The Kier molecular flexibility index (Phi) is 4.78. The van der Waals surface area contributed by atoms with Crippen molar-refractivity contribution in [1.29, 1.82) is 0 Å². The van der Waals surface area contributed by atoms with Crippen LogP contribution in [0.5, 0.6) is 11.5 Å². The van der Waals surface area contributed by atoms with E-state index in [2.05, 4.69) is 22.0 Å². The number of ether oxygens (including phenoxy) is 2. The van der Waals surface area contributed by atoms with Crippen LogP contribution >= 0.6 is 11.6 Å². The first-order chi connectivity index (χ1) is 11.2. The maximum atomic E-state index is 6.34. The highest BCUT2D eigenvalue weighted by atomic mass is 35.5. The molecule has 1 N–H and O–H groups in total. The SMILES string of the molecule is CCCN1CCc2[nH]nc(-c3cc(Cl)c(OC)c(OC)c3)c2C1. The first-order valence-electron chi connectivity index (χ1n) is 7.88. The normalized spacial score (nSPS) is 14.6. The van der Waals surface area contributed by atoms with Gasteiger partial charge in [0.15, 0.2) is 11.5 Å². The Bertz CT molecular complexity index is 699. The van der Waals surface area contributed by atoms with Gasteiger partial charge < -0.3 is 9.47 Å². The highest BCUT2D eigenvalue weighted by Crippen LogP contribution is 2.40. The number of benzene rings is 1. The average molecular weight is 336 g/mol. The highest BCUT2D eigenvalue weighted by Gasteiger charge is 2.23. The van der Waals surface area contributed by atoms with Crippen LogP contribution in [0.4, 0.5) is 0 Å². The van der Waals surface area contributed by atoms with Crippen LogP contribution in [0.15, 0.2) is 12.1 Å². The second-order valence-corrected chi connectivity index (χ2v) is 6.16. The molecule has 0 unspecified atom stereocenters. The maximum Gasteiger partial charge on any atom is 0.179 e. The van der Waals surface area contributed by atoms with Gasteiger partial charge in [0.1, 0.15) is 0 Å². The smallest absolute Gasteiger partial charge is 0.179 e. The minimum atomic E-state index is 0.528.